The van der Waals surface area contributed by atoms with Gasteiger partial charge in [0.25, 0.3) is 0 Å². The molecule has 63 heavy (non-hydrogen) atoms. The zero-order valence-electron chi connectivity index (χ0n) is 34.7. The molecule has 0 saturated heterocycles. The fourth-order valence-electron chi connectivity index (χ4n) is 10.6. The summed E-state index contributed by atoms with van der Waals surface area (Å²) >= 11 is 0. The number of hydrogen-bond acceptors (Lipinski definition) is 4. The lowest BCUT2D eigenvalue weighted by atomic mass is 9.80. The standard InChI is InChI=1S/C58H41N5/c1-58-31-14-13-27-51(58)48-26-11-12-28-52(48)63(58)43-29-30-47-49-33-38-18-5-6-19-39(38)35-53(49)62(54(47)36-43)42-22-15-21-41(32-42)56-59-55(37-16-3-2-4-17-37)60-57(61-56)50-34-40-20-7-8-23-44(40)45-24-9-10-25-46(45)50/h2-36,51,55H,1H3,(H,59,60,61). The van der Waals surface area contributed by atoms with Crippen LogP contribution in [0.1, 0.15) is 41.3 Å². The smallest absolute Gasteiger partial charge is 0.160 e. The van der Waals surface area contributed by atoms with Crippen molar-refractivity contribution in [1.82, 2.24) is 9.88 Å². The van der Waals surface area contributed by atoms with Crippen molar-refractivity contribution in [2.45, 2.75) is 24.5 Å². The van der Waals surface area contributed by atoms with Crippen molar-refractivity contribution in [3.05, 3.63) is 235 Å². The first-order chi connectivity index (χ1) is 31.1. The molecule has 0 spiro atoms. The molecule has 1 aliphatic carbocycles. The second-order valence-electron chi connectivity index (χ2n) is 17.2. The molecule has 10 aromatic rings. The Bertz CT molecular complexity index is 3650. The molecular formula is C58H41N5. The van der Waals surface area contributed by atoms with E-state index in [1.807, 2.05) is 0 Å². The van der Waals surface area contributed by atoms with Gasteiger partial charge in [0.1, 0.15) is 12.0 Å². The number of aromatic nitrogens is 1. The normalized spacial score (nSPS) is 19.1. The third-order valence-electron chi connectivity index (χ3n) is 13.6. The number of para-hydroxylation sites is 1. The number of rotatable bonds is 5. The summed E-state index contributed by atoms with van der Waals surface area (Å²) in [6, 6.07) is 68.1. The van der Waals surface area contributed by atoms with E-state index in [1.165, 1.54) is 49.0 Å². The van der Waals surface area contributed by atoms with Crippen molar-refractivity contribution in [1.29, 1.82) is 0 Å². The lowest BCUT2D eigenvalue weighted by molar-refractivity contribution is 0.542. The van der Waals surface area contributed by atoms with Gasteiger partial charge in [0.05, 0.1) is 16.6 Å². The van der Waals surface area contributed by atoms with Crippen LogP contribution >= 0.6 is 0 Å². The number of hydrogen-bond donors (Lipinski definition) is 1. The van der Waals surface area contributed by atoms with Gasteiger partial charge in [-0.1, -0.05) is 164 Å². The molecule has 3 atom stereocenters. The summed E-state index contributed by atoms with van der Waals surface area (Å²) in [4.78, 5) is 13.3. The Morgan fingerprint density at radius 1 is 0.540 bits per heavy atom. The quantitative estimate of drug-likeness (QED) is 0.176. The second kappa shape index (κ2) is 13.7. The van der Waals surface area contributed by atoms with Crippen LogP contribution in [0.2, 0.25) is 0 Å². The molecule has 298 valence electrons. The van der Waals surface area contributed by atoms with Gasteiger partial charge >= 0.3 is 0 Å². The van der Waals surface area contributed by atoms with Gasteiger partial charge < -0.3 is 14.8 Å². The fourth-order valence-corrected chi connectivity index (χ4v) is 10.6. The summed E-state index contributed by atoms with van der Waals surface area (Å²) in [5.74, 6) is 1.75. The van der Waals surface area contributed by atoms with Gasteiger partial charge in [-0.2, -0.15) is 0 Å². The lowest BCUT2D eigenvalue weighted by Crippen LogP contribution is -2.41. The van der Waals surface area contributed by atoms with Crippen LogP contribution in [0.3, 0.4) is 0 Å². The molecule has 0 fully saturated rings. The van der Waals surface area contributed by atoms with Gasteiger partial charge in [-0.05, 0) is 98.9 Å². The number of amidine groups is 2. The van der Waals surface area contributed by atoms with Crippen molar-refractivity contribution in [2.24, 2.45) is 9.98 Å². The predicted molar refractivity (Wildman–Crippen MR) is 263 cm³/mol. The molecule has 0 saturated carbocycles. The fraction of sp³-hybridized carbons (Fsp3) is 0.0690. The van der Waals surface area contributed by atoms with Gasteiger partial charge in [-0.15, -0.1) is 0 Å². The maximum absolute atomic E-state index is 5.40. The number of nitrogens with one attached hydrogen (secondary N) is 1. The summed E-state index contributed by atoms with van der Waals surface area (Å²) < 4.78 is 2.45. The number of allylic oxidation sites excluding steroid dienone is 2. The van der Waals surface area contributed by atoms with Crippen LogP contribution in [0.15, 0.2) is 222 Å². The summed E-state index contributed by atoms with van der Waals surface area (Å²) in [7, 11) is 0. The van der Waals surface area contributed by atoms with Gasteiger partial charge in [0, 0.05) is 44.9 Å². The number of anilines is 2. The van der Waals surface area contributed by atoms with E-state index in [0.29, 0.717) is 5.84 Å². The third kappa shape index (κ3) is 5.49. The Labute approximate surface area is 365 Å². The van der Waals surface area contributed by atoms with Crippen LogP contribution in [0.5, 0.6) is 0 Å². The minimum absolute atomic E-state index is 0.243. The van der Waals surface area contributed by atoms with Gasteiger partial charge in [-0.3, -0.25) is 0 Å². The van der Waals surface area contributed by atoms with Crippen molar-refractivity contribution in [3.8, 4) is 5.69 Å². The van der Waals surface area contributed by atoms with Crippen LogP contribution in [0.25, 0.3) is 59.8 Å². The monoisotopic (exact) mass is 807 g/mol. The molecular weight excluding hydrogens is 767 g/mol. The van der Waals surface area contributed by atoms with E-state index in [4.69, 9.17) is 9.98 Å². The van der Waals surface area contributed by atoms with Crippen molar-refractivity contribution >= 4 is 77.2 Å². The molecule has 0 radical (unpaired) electrons. The Kier molecular flexibility index (Phi) is 7.79. The van der Waals surface area contributed by atoms with E-state index in [0.717, 1.165) is 50.3 Å². The topological polar surface area (TPSA) is 44.9 Å². The van der Waals surface area contributed by atoms with E-state index in [2.05, 4.69) is 234 Å². The molecule has 5 nitrogen and oxygen atoms in total. The Morgan fingerprint density at radius 2 is 1.27 bits per heavy atom. The maximum Gasteiger partial charge on any atom is 0.160 e. The zero-order valence-corrected chi connectivity index (χ0v) is 34.7. The molecule has 3 heterocycles. The van der Waals surface area contributed by atoms with Gasteiger partial charge in [-0.25, -0.2) is 9.98 Å². The Hall–Kier alpha value is -8.02. The third-order valence-corrected chi connectivity index (χ3v) is 13.6. The lowest BCUT2D eigenvalue weighted by Gasteiger charge is -2.39. The average molecular weight is 808 g/mol. The summed E-state index contributed by atoms with van der Waals surface area (Å²) in [6.07, 6.45) is 8.78. The van der Waals surface area contributed by atoms with Crippen LogP contribution < -0.4 is 10.2 Å². The SMILES string of the molecule is CC12C=CC=CC1c1ccccc1N2c1ccc2c3cc4ccccc4cc3n(-c3cccc(C4=NC(c5cc6ccccc6c6ccccc56)=NC(c5ccccc5)N4)c3)c2c1. The Balaban J connectivity index is 1.01. The van der Waals surface area contributed by atoms with E-state index in [-0.39, 0.29) is 17.6 Å². The van der Waals surface area contributed by atoms with Crippen LogP contribution in [0, 0.1) is 0 Å². The highest BCUT2D eigenvalue weighted by Gasteiger charge is 2.46. The molecule has 0 bridgehead atoms. The zero-order chi connectivity index (χ0) is 41.6. The highest BCUT2D eigenvalue weighted by Crippen LogP contribution is 2.54. The largest absolute Gasteiger partial charge is 0.344 e. The highest BCUT2D eigenvalue weighted by molar-refractivity contribution is 6.22. The average Bonchev–Trinajstić information content (AvgIpc) is 3.80. The summed E-state index contributed by atoms with van der Waals surface area (Å²) in [6.45, 7) is 2.37. The van der Waals surface area contributed by atoms with Gasteiger partial charge in [0.2, 0.25) is 0 Å². The molecule has 3 unspecified atom stereocenters. The molecule has 2 aliphatic heterocycles. The van der Waals surface area contributed by atoms with Crippen LogP contribution in [0.4, 0.5) is 11.4 Å². The first-order valence-corrected chi connectivity index (χ1v) is 21.8. The first kappa shape index (κ1) is 35.7. The molecule has 3 aliphatic rings. The van der Waals surface area contributed by atoms with E-state index in [9.17, 15) is 0 Å². The molecule has 5 heteroatoms. The second-order valence-corrected chi connectivity index (χ2v) is 17.2. The molecule has 13 rings (SSSR count). The number of aliphatic imine (C=N–C) groups is 2. The summed E-state index contributed by atoms with van der Waals surface area (Å²) in [5.41, 5.74) is 9.99. The van der Waals surface area contributed by atoms with Gasteiger partial charge in [0.15, 0.2) is 5.84 Å². The predicted octanol–water partition coefficient (Wildman–Crippen LogP) is 13.9. The van der Waals surface area contributed by atoms with Crippen molar-refractivity contribution in [2.75, 3.05) is 4.90 Å². The van der Waals surface area contributed by atoms with Crippen molar-refractivity contribution in [3.63, 3.8) is 0 Å². The van der Waals surface area contributed by atoms with Crippen LogP contribution in [-0.4, -0.2) is 21.8 Å². The van der Waals surface area contributed by atoms with E-state index < -0.39 is 0 Å². The Morgan fingerprint density at radius 3 is 2.14 bits per heavy atom. The number of benzene rings is 9. The maximum atomic E-state index is 5.40. The molecule has 0 amide bonds. The van der Waals surface area contributed by atoms with Crippen molar-refractivity contribution < 1.29 is 0 Å². The first-order valence-electron chi connectivity index (χ1n) is 21.8. The molecule has 9 aromatic carbocycles. The number of nitrogens with zero attached hydrogens (tertiary/aromatic N) is 4. The summed E-state index contributed by atoms with van der Waals surface area (Å²) in [5, 5.41) is 13.4. The van der Waals surface area contributed by atoms with E-state index in [1.54, 1.807) is 0 Å². The minimum atomic E-state index is -0.332. The highest BCUT2D eigenvalue weighted by atomic mass is 15.2. The minimum Gasteiger partial charge on any atom is -0.344 e. The number of fused-ring (bicyclic) bond motifs is 10. The molecule has 1 N–H and O–H groups in total. The van der Waals surface area contributed by atoms with Crippen LogP contribution in [-0.2, 0) is 0 Å². The van der Waals surface area contributed by atoms with E-state index >= 15 is 0 Å². The molecule has 1 aromatic heterocycles.